The number of ketones is 3. The van der Waals surface area contributed by atoms with Crippen LogP contribution in [-0.2, 0) is 9.59 Å². The number of ether oxygens (including phenoxy) is 1. The molecule has 2 N–H and O–H groups in total. The van der Waals surface area contributed by atoms with Crippen LogP contribution in [0.25, 0.3) is 0 Å². The predicted molar refractivity (Wildman–Crippen MR) is 126 cm³/mol. The molecule has 0 saturated carbocycles. The molecule has 1 heterocycles. The Morgan fingerprint density at radius 3 is 2.27 bits per heavy atom. The Labute approximate surface area is 196 Å². The number of rotatable bonds is 7. The van der Waals surface area contributed by atoms with Crippen molar-refractivity contribution >= 4 is 17.3 Å². The van der Waals surface area contributed by atoms with Crippen molar-refractivity contribution in [1.82, 2.24) is 0 Å². The number of hydrogen-bond donors (Lipinski definition) is 2. The molecule has 6 nitrogen and oxygen atoms in total. The summed E-state index contributed by atoms with van der Waals surface area (Å²) in [4.78, 5) is 40.0. The lowest BCUT2D eigenvalue weighted by Gasteiger charge is -2.45. The van der Waals surface area contributed by atoms with E-state index in [9.17, 15) is 24.6 Å². The molecule has 33 heavy (non-hydrogen) atoms. The summed E-state index contributed by atoms with van der Waals surface area (Å²) in [5.74, 6) is -1.52. The fourth-order valence-electron chi connectivity index (χ4n) is 5.24. The van der Waals surface area contributed by atoms with Gasteiger partial charge in [0, 0.05) is 29.5 Å². The molecule has 0 radical (unpaired) electrons. The van der Waals surface area contributed by atoms with Crippen LogP contribution in [0.15, 0.2) is 17.4 Å². The van der Waals surface area contributed by atoms with Gasteiger partial charge in [-0.05, 0) is 46.5 Å². The molecule has 1 aliphatic carbocycles. The first kappa shape index (κ1) is 25.0. The van der Waals surface area contributed by atoms with Crippen LogP contribution < -0.4 is 4.74 Å². The number of allylic oxidation sites excluding steroid dienone is 2. The van der Waals surface area contributed by atoms with E-state index >= 15 is 0 Å². The molecule has 0 bridgehead atoms. The zero-order valence-electron chi connectivity index (χ0n) is 20.8. The van der Waals surface area contributed by atoms with E-state index in [2.05, 4.69) is 0 Å². The Bertz CT molecular complexity index is 1040. The lowest BCUT2D eigenvalue weighted by Crippen LogP contribution is -2.51. The highest BCUT2D eigenvalue weighted by Gasteiger charge is 2.57. The summed E-state index contributed by atoms with van der Waals surface area (Å²) < 4.78 is 6.21. The summed E-state index contributed by atoms with van der Waals surface area (Å²) in [5.41, 5.74) is -1.60. The number of phenolic OH excluding ortho intramolecular Hbond substituents is 2. The van der Waals surface area contributed by atoms with Gasteiger partial charge in [0.25, 0.3) is 0 Å². The molecule has 0 aromatic heterocycles. The average Bonchev–Trinajstić information content (AvgIpc) is 2.70. The van der Waals surface area contributed by atoms with Crippen molar-refractivity contribution < 1.29 is 29.3 Å². The van der Waals surface area contributed by atoms with Gasteiger partial charge in [0.1, 0.15) is 28.6 Å². The number of Topliss-reactive ketones (excluding diaryl/α,β-unsaturated/α-hetero) is 3. The molecule has 0 unspecified atom stereocenters. The van der Waals surface area contributed by atoms with Crippen LogP contribution in [0, 0.1) is 16.7 Å². The molecular formula is C27H36O6. The second-order valence-corrected chi connectivity index (χ2v) is 10.8. The van der Waals surface area contributed by atoms with Crippen LogP contribution in [0.4, 0.5) is 0 Å². The van der Waals surface area contributed by atoms with Crippen LogP contribution in [0.3, 0.4) is 0 Å². The number of carbonyl (C=O) groups excluding carboxylic acids is 3. The van der Waals surface area contributed by atoms with Crippen LogP contribution in [-0.4, -0.2) is 27.6 Å². The van der Waals surface area contributed by atoms with Crippen molar-refractivity contribution in [3.63, 3.8) is 0 Å². The molecule has 0 spiro atoms. The van der Waals surface area contributed by atoms with Gasteiger partial charge in [0.05, 0.1) is 10.8 Å². The van der Waals surface area contributed by atoms with Crippen molar-refractivity contribution in [1.29, 1.82) is 0 Å². The zero-order valence-corrected chi connectivity index (χ0v) is 20.8. The minimum Gasteiger partial charge on any atom is -0.507 e. The van der Waals surface area contributed by atoms with Gasteiger partial charge < -0.3 is 14.9 Å². The lowest BCUT2D eigenvalue weighted by molar-refractivity contribution is -0.144. The highest BCUT2D eigenvalue weighted by atomic mass is 16.5. The van der Waals surface area contributed by atoms with E-state index in [1.165, 1.54) is 6.07 Å². The normalized spacial score (nSPS) is 21.0. The van der Waals surface area contributed by atoms with Crippen LogP contribution in [0.2, 0.25) is 0 Å². The first-order valence-electron chi connectivity index (χ1n) is 11.9. The summed E-state index contributed by atoms with van der Waals surface area (Å²) in [6.07, 6.45) is 3.25. The van der Waals surface area contributed by atoms with Gasteiger partial charge in [-0.25, -0.2) is 0 Å². The molecule has 1 atom stereocenters. The SMILES string of the molecule is CCCCCC(=O)c1c(O)cc(O)c2c1OC1=C(C(=O)C(C)(C)C(=O)C1(C)C)[C@@H]2CC(C)C. The monoisotopic (exact) mass is 456 g/mol. The molecule has 0 saturated heterocycles. The number of fused-ring (bicyclic) bond motifs is 1. The van der Waals surface area contributed by atoms with Crippen molar-refractivity contribution in [3.05, 3.63) is 28.5 Å². The zero-order chi connectivity index (χ0) is 24.9. The van der Waals surface area contributed by atoms with Crippen LogP contribution in [0.5, 0.6) is 17.2 Å². The van der Waals surface area contributed by atoms with E-state index in [-0.39, 0.29) is 58.3 Å². The maximum absolute atomic E-state index is 13.6. The highest BCUT2D eigenvalue weighted by Crippen LogP contribution is 2.57. The van der Waals surface area contributed by atoms with Gasteiger partial charge >= 0.3 is 0 Å². The van der Waals surface area contributed by atoms with E-state index in [0.717, 1.165) is 12.8 Å². The van der Waals surface area contributed by atoms with Gasteiger partial charge in [0.15, 0.2) is 17.3 Å². The average molecular weight is 457 g/mol. The first-order chi connectivity index (χ1) is 15.3. The summed E-state index contributed by atoms with van der Waals surface area (Å²) in [5, 5.41) is 21.5. The molecule has 1 aromatic carbocycles. The van der Waals surface area contributed by atoms with Gasteiger partial charge in [-0.3, -0.25) is 14.4 Å². The van der Waals surface area contributed by atoms with E-state index in [4.69, 9.17) is 4.74 Å². The second-order valence-electron chi connectivity index (χ2n) is 10.8. The third-order valence-corrected chi connectivity index (χ3v) is 6.93. The lowest BCUT2D eigenvalue weighted by atomic mass is 9.59. The Kier molecular flexibility index (Phi) is 6.53. The van der Waals surface area contributed by atoms with Crippen LogP contribution in [0.1, 0.15) is 102 Å². The van der Waals surface area contributed by atoms with Crippen molar-refractivity contribution in [2.75, 3.05) is 0 Å². The van der Waals surface area contributed by atoms with Crippen LogP contribution >= 0.6 is 0 Å². The van der Waals surface area contributed by atoms with E-state index in [0.29, 0.717) is 24.0 Å². The van der Waals surface area contributed by atoms with Crippen molar-refractivity contribution in [2.45, 2.75) is 86.5 Å². The smallest absolute Gasteiger partial charge is 0.175 e. The summed E-state index contributed by atoms with van der Waals surface area (Å²) in [7, 11) is 0. The maximum Gasteiger partial charge on any atom is 0.175 e. The quantitative estimate of drug-likeness (QED) is 0.304. The molecule has 6 heteroatoms. The van der Waals surface area contributed by atoms with E-state index < -0.39 is 16.7 Å². The third-order valence-electron chi connectivity index (χ3n) is 6.93. The minimum absolute atomic E-state index is 0.0136. The highest BCUT2D eigenvalue weighted by molar-refractivity contribution is 6.20. The van der Waals surface area contributed by atoms with Gasteiger partial charge in [0.2, 0.25) is 0 Å². The molecule has 2 aliphatic rings. The largest absolute Gasteiger partial charge is 0.507 e. The third kappa shape index (κ3) is 3.98. The predicted octanol–water partition coefficient (Wildman–Crippen LogP) is 5.84. The van der Waals surface area contributed by atoms with Gasteiger partial charge in [-0.15, -0.1) is 0 Å². The molecule has 180 valence electrons. The fraction of sp³-hybridized carbons (Fsp3) is 0.593. The Hall–Kier alpha value is -2.63. The topological polar surface area (TPSA) is 101 Å². The molecule has 1 aliphatic heterocycles. The summed E-state index contributed by atoms with van der Waals surface area (Å²) in [6.45, 7) is 12.8. The van der Waals surface area contributed by atoms with Crippen molar-refractivity contribution in [2.24, 2.45) is 16.7 Å². The standard InChI is InChI=1S/C27H36O6/c1-8-9-10-11-16(28)21-18(30)13-17(29)19-15(12-14(2)3)20-23(31)26(4,5)25(32)27(6,7)24(20)33-22(19)21/h13-15,29-30H,8-12H2,1-7H3/t15-/m1/s1. The summed E-state index contributed by atoms with van der Waals surface area (Å²) >= 11 is 0. The second kappa shape index (κ2) is 8.62. The fourth-order valence-corrected chi connectivity index (χ4v) is 5.24. The number of phenols is 2. The van der Waals surface area contributed by atoms with Gasteiger partial charge in [-0.1, -0.05) is 33.6 Å². The Balaban J connectivity index is 2.30. The first-order valence-corrected chi connectivity index (χ1v) is 11.9. The number of aromatic hydroxyl groups is 2. The van der Waals surface area contributed by atoms with E-state index in [1.54, 1.807) is 27.7 Å². The number of unbranched alkanes of at least 4 members (excludes halogenated alkanes) is 2. The molecular weight excluding hydrogens is 420 g/mol. The molecule has 3 rings (SSSR count). The molecule has 0 amide bonds. The van der Waals surface area contributed by atoms with Crippen molar-refractivity contribution in [3.8, 4) is 17.2 Å². The minimum atomic E-state index is -1.23. The van der Waals surface area contributed by atoms with Gasteiger partial charge in [-0.2, -0.15) is 0 Å². The number of hydrogen-bond acceptors (Lipinski definition) is 6. The molecule has 0 fully saturated rings. The summed E-state index contributed by atoms with van der Waals surface area (Å²) in [6, 6.07) is 1.17. The Morgan fingerprint density at radius 1 is 1.06 bits per heavy atom. The number of carbonyl (C=O) groups is 3. The van der Waals surface area contributed by atoms with E-state index in [1.807, 2.05) is 20.8 Å². The number of benzene rings is 1. The molecule has 1 aromatic rings. The Morgan fingerprint density at radius 2 is 1.70 bits per heavy atom. The maximum atomic E-state index is 13.6.